The smallest absolute Gasteiger partial charge is 0.337 e. The monoisotopic (exact) mass is 309 g/mol. The minimum absolute atomic E-state index is 0.295. The fraction of sp³-hybridized carbons (Fsp3) is 0.350. The van der Waals surface area contributed by atoms with Gasteiger partial charge in [0.05, 0.1) is 12.7 Å². The zero-order valence-electron chi connectivity index (χ0n) is 13.5. The molecule has 1 saturated carbocycles. The van der Waals surface area contributed by atoms with Crippen LogP contribution in [0.1, 0.15) is 42.5 Å². The summed E-state index contributed by atoms with van der Waals surface area (Å²) >= 11 is 0. The lowest BCUT2D eigenvalue weighted by Gasteiger charge is -2.25. The molecule has 1 aliphatic carbocycles. The van der Waals surface area contributed by atoms with Gasteiger partial charge >= 0.3 is 5.97 Å². The first kappa shape index (κ1) is 15.6. The highest BCUT2D eigenvalue weighted by molar-refractivity contribution is 5.93. The molecule has 23 heavy (non-hydrogen) atoms. The van der Waals surface area contributed by atoms with Crippen LogP contribution in [0.3, 0.4) is 0 Å². The highest BCUT2D eigenvalue weighted by atomic mass is 16.5. The summed E-state index contributed by atoms with van der Waals surface area (Å²) in [6.07, 6.45) is 6.25. The molecule has 2 aromatic rings. The molecule has 0 aliphatic heterocycles. The lowest BCUT2D eigenvalue weighted by atomic mass is 9.94. The molecule has 0 atom stereocenters. The van der Waals surface area contributed by atoms with E-state index in [4.69, 9.17) is 4.74 Å². The van der Waals surface area contributed by atoms with Gasteiger partial charge in [-0.05, 0) is 30.5 Å². The molecule has 0 spiro atoms. The predicted molar refractivity (Wildman–Crippen MR) is 93.7 cm³/mol. The number of ether oxygens (including phenoxy) is 1. The maximum atomic E-state index is 11.9. The number of carbonyl (C=O) groups excluding carboxylic acids is 1. The Bertz CT molecular complexity index is 661. The number of carbonyl (C=O) groups is 1. The molecular formula is C20H23NO2. The van der Waals surface area contributed by atoms with Crippen molar-refractivity contribution in [3.63, 3.8) is 0 Å². The first-order valence-corrected chi connectivity index (χ1v) is 8.32. The molecule has 0 saturated heterocycles. The van der Waals surface area contributed by atoms with E-state index in [0.717, 1.165) is 16.8 Å². The zero-order valence-corrected chi connectivity index (χ0v) is 13.5. The molecule has 0 radical (unpaired) electrons. The van der Waals surface area contributed by atoms with Crippen LogP contribution in [-0.2, 0) is 4.74 Å². The van der Waals surface area contributed by atoms with Gasteiger partial charge in [-0.3, -0.25) is 0 Å². The molecule has 1 N–H and O–H groups in total. The van der Waals surface area contributed by atoms with Crippen LogP contribution in [0.15, 0.2) is 48.5 Å². The number of benzene rings is 2. The number of hydrogen-bond donors (Lipinski definition) is 1. The number of anilines is 1. The summed E-state index contributed by atoms with van der Waals surface area (Å²) in [5.74, 6) is -0.295. The molecule has 0 bridgehead atoms. The molecule has 120 valence electrons. The van der Waals surface area contributed by atoms with Gasteiger partial charge in [0, 0.05) is 17.3 Å². The molecular weight excluding hydrogens is 286 g/mol. The standard InChI is InChI=1S/C20H23NO2/c1-23-20(22)16-12-13-18(15-8-4-2-5-9-15)19(14-16)21-17-10-6-3-7-11-17/h2,4-5,8-9,12-14,17,21H,3,6-7,10-11H2,1H3. The van der Waals surface area contributed by atoms with Crippen molar-refractivity contribution in [3.8, 4) is 11.1 Å². The Balaban J connectivity index is 1.95. The van der Waals surface area contributed by atoms with Gasteiger partial charge in [0.25, 0.3) is 0 Å². The Morgan fingerprint density at radius 1 is 1.04 bits per heavy atom. The average Bonchev–Trinajstić information content (AvgIpc) is 2.62. The van der Waals surface area contributed by atoms with E-state index in [0.29, 0.717) is 11.6 Å². The maximum absolute atomic E-state index is 11.9. The third-order valence-corrected chi connectivity index (χ3v) is 4.49. The molecule has 0 unspecified atom stereocenters. The van der Waals surface area contributed by atoms with Crippen molar-refractivity contribution in [1.29, 1.82) is 0 Å². The van der Waals surface area contributed by atoms with Crippen LogP contribution < -0.4 is 5.32 Å². The Kier molecular flexibility index (Phi) is 4.96. The summed E-state index contributed by atoms with van der Waals surface area (Å²) in [4.78, 5) is 11.9. The largest absolute Gasteiger partial charge is 0.465 e. The van der Waals surface area contributed by atoms with Crippen molar-refractivity contribution in [1.82, 2.24) is 0 Å². The van der Waals surface area contributed by atoms with Crippen LogP contribution in [0.4, 0.5) is 5.69 Å². The molecule has 0 aromatic heterocycles. The van der Waals surface area contributed by atoms with E-state index in [2.05, 4.69) is 17.4 Å². The Labute approximate surface area is 137 Å². The highest BCUT2D eigenvalue weighted by Crippen LogP contribution is 2.31. The third kappa shape index (κ3) is 3.73. The molecule has 1 aliphatic rings. The van der Waals surface area contributed by atoms with Crippen molar-refractivity contribution >= 4 is 11.7 Å². The molecule has 3 nitrogen and oxygen atoms in total. The second kappa shape index (κ2) is 7.32. The van der Waals surface area contributed by atoms with E-state index in [9.17, 15) is 4.79 Å². The summed E-state index contributed by atoms with van der Waals surface area (Å²) in [6, 6.07) is 16.5. The number of methoxy groups -OCH3 is 1. The van der Waals surface area contributed by atoms with Gasteiger partial charge < -0.3 is 10.1 Å². The van der Waals surface area contributed by atoms with Gasteiger partial charge in [-0.1, -0.05) is 55.7 Å². The second-order valence-electron chi connectivity index (χ2n) is 6.10. The van der Waals surface area contributed by atoms with E-state index in [-0.39, 0.29) is 5.97 Å². The summed E-state index contributed by atoms with van der Waals surface area (Å²) in [6.45, 7) is 0. The fourth-order valence-corrected chi connectivity index (χ4v) is 3.24. The quantitative estimate of drug-likeness (QED) is 0.818. The van der Waals surface area contributed by atoms with Gasteiger partial charge in [-0.2, -0.15) is 0 Å². The van der Waals surface area contributed by atoms with Crippen LogP contribution >= 0.6 is 0 Å². The fourth-order valence-electron chi connectivity index (χ4n) is 3.24. The SMILES string of the molecule is COC(=O)c1ccc(-c2ccccc2)c(NC2CCCCC2)c1. The number of esters is 1. The van der Waals surface area contributed by atoms with Gasteiger partial charge in [0.2, 0.25) is 0 Å². The first-order valence-electron chi connectivity index (χ1n) is 8.32. The Morgan fingerprint density at radius 2 is 1.78 bits per heavy atom. The molecule has 0 amide bonds. The second-order valence-corrected chi connectivity index (χ2v) is 6.10. The molecule has 2 aromatic carbocycles. The Hall–Kier alpha value is -2.29. The molecule has 1 fully saturated rings. The number of nitrogens with one attached hydrogen (secondary N) is 1. The number of rotatable bonds is 4. The van der Waals surface area contributed by atoms with Crippen LogP contribution in [0.5, 0.6) is 0 Å². The first-order chi connectivity index (χ1) is 11.3. The third-order valence-electron chi connectivity index (χ3n) is 4.49. The van der Waals surface area contributed by atoms with E-state index in [1.165, 1.54) is 39.2 Å². The van der Waals surface area contributed by atoms with Crippen molar-refractivity contribution in [3.05, 3.63) is 54.1 Å². The topological polar surface area (TPSA) is 38.3 Å². The van der Waals surface area contributed by atoms with Crippen molar-refractivity contribution in [2.75, 3.05) is 12.4 Å². The highest BCUT2D eigenvalue weighted by Gasteiger charge is 2.17. The molecule has 3 rings (SSSR count). The summed E-state index contributed by atoms with van der Waals surface area (Å²) in [5, 5.41) is 3.66. The van der Waals surface area contributed by atoms with Gasteiger partial charge in [0.15, 0.2) is 0 Å². The van der Waals surface area contributed by atoms with Crippen molar-refractivity contribution in [2.45, 2.75) is 38.1 Å². The minimum atomic E-state index is -0.295. The average molecular weight is 309 g/mol. The van der Waals surface area contributed by atoms with E-state index in [1.807, 2.05) is 36.4 Å². The molecule has 3 heteroatoms. The predicted octanol–water partition coefficient (Wildman–Crippen LogP) is 4.88. The van der Waals surface area contributed by atoms with Crippen LogP contribution in [-0.4, -0.2) is 19.1 Å². The van der Waals surface area contributed by atoms with Crippen molar-refractivity contribution in [2.24, 2.45) is 0 Å². The molecule has 0 heterocycles. The van der Waals surface area contributed by atoms with Crippen LogP contribution in [0.2, 0.25) is 0 Å². The maximum Gasteiger partial charge on any atom is 0.337 e. The summed E-state index contributed by atoms with van der Waals surface area (Å²) in [5.41, 5.74) is 3.89. The normalized spacial score (nSPS) is 15.2. The van der Waals surface area contributed by atoms with Crippen molar-refractivity contribution < 1.29 is 9.53 Å². The minimum Gasteiger partial charge on any atom is -0.465 e. The lowest BCUT2D eigenvalue weighted by Crippen LogP contribution is -2.22. The van der Waals surface area contributed by atoms with Gasteiger partial charge in [0.1, 0.15) is 0 Å². The van der Waals surface area contributed by atoms with E-state index in [1.54, 1.807) is 0 Å². The number of hydrogen-bond acceptors (Lipinski definition) is 3. The van der Waals surface area contributed by atoms with Gasteiger partial charge in [-0.15, -0.1) is 0 Å². The summed E-state index contributed by atoms with van der Waals surface area (Å²) in [7, 11) is 1.42. The van der Waals surface area contributed by atoms with Crippen LogP contribution in [0, 0.1) is 0 Å². The van der Waals surface area contributed by atoms with E-state index < -0.39 is 0 Å². The van der Waals surface area contributed by atoms with Gasteiger partial charge in [-0.25, -0.2) is 4.79 Å². The Morgan fingerprint density at radius 3 is 2.48 bits per heavy atom. The van der Waals surface area contributed by atoms with Crippen LogP contribution in [0.25, 0.3) is 11.1 Å². The van der Waals surface area contributed by atoms with E-state index >= 15 is 0 Å². The lowest BCUT2D eigenvalue weighted by molar-refractivity contribution is 0.0601. The summed E-state index contributed by atoms with van der Waals surface area (Å²) < 4.78 is 4.86. The zero-order chi connectivity index (χ0) is 16.1.